The van der Waals surface area contributed by atoms with Gasteiger partial charge in [-0.05, 0) is 13.0 Å². The van der Waals surface area contributed by atoms with E-state index in [-0.39, 0.29) is 0 Å². The Morgan fingerprint density at radius 3 is 1.81 bits per heavy atom. The number of carbonyl (C=O) groups is 5. The van der Waals surface area contributed by atoms with Gasteiger partial charge in [0.05, 0.1) is 6.10 Å². The predicted octanol–water partition coefficient (Wildman–Crippen LogP) is -4.77. The van der Waals surface area contributed by atoms with Crippen molar-refractivity contribution in [3.8, 4) is 0 Å². The summed E-state index contributed by atoms with van der Waals surface area (Å²) in [5, 5.41) is 68.8. The molecule has 2 saturated heterocycles. The minimum atomic E-state index is -2.01. The van der Waals surface area contributed by atoms with E-state index < -0.39 is 115 Å². The highest BCUT2D eigenvalue weighted by atomic mass is 16.7. The van der Waals surface area contributed by atoms with Crippen LogP contribution < -0.4 is 16.0 Å². The summed E-state index contributed by atoms with van der Waals surface area (Å²) >= 11 is 0. The molecule has 19 nitrogen and oxygen atoms in total. The molecule has 19 heteroatoms. The molecule has 0 spiro atoms. The molecule has 3 amide bonds. The molecule has 13 atom stereocenters. The maximum absolute atomic E-state index is 12.2. The molecule has 3 aliphatic heterocycles. The quantitative estimate of drug-likeness (QED) is 0.117. The first kappa shape index (κ1) is 34.1. The largest absolute Gasteiger partial charge is 0.479 e. The number of aliphatic carboxylic acids is 2. The van der Waals surface area contributed by atoms with Gasteiger partial charge in [-0.2, -0.15) is 0 Å². The molecule has 3 heterocycles. The standard InChI is InChI=1S/C24H35N3O16/c1-6-15(32)17(42-23-12(25-7(2)28)10(31)5-11(40-23)20(34)35)14(27-9(4)30)24(39-6)43-18-16(33)13(26-8(3)29)22(38)41-19(18)21(36)37/h5-6,10,12-19,22-24,31-33,38H,1-4H3,(H,25,28)(H,26,29)(H,27,30)(H,34,35)(H,36,37)/t6-,10+,12+,13+,14-,15+,16-,17-,18+,19+,22-,23+,24-/m1/s1. The topological polar surface area (TPSA) is 289 Å². The zero-order chi connectivity index (χ0) is 32.3. The lowest BCUT2D eigenvalue weighted by Gasteiger charge is -2.48. The van der Waals surface area contributed by atoms with E-state index in [0.29, 0.717) is 0 Å². The summed E-state index contributed by atoms with van der Waals surface area (Å²) in [5.41, 5.74) is 0. The second kappa shape index (κ2) is 13.9. The van der Waals surface area contributed by atoms with Crippen molar-refractivity contribution >= 4 is 29.7 Å². The lowest BCUT2D eigenvalue weighted by atomic mass is 9.94. The lowest BCUT2D eigenvalue weighted by molar-refractivity contribution is -0.331. The molecule has 0 aromatic rings. The number of ether oxygens (including phenoxy) is 5. The van der Waals surface area contributed by atoms with Crippen molar-refractivity contribution in [3.63, 3.8) is 0 Å². The van der Waals surface area contributed by atoms with Crippen LogP contribution in [0.1, 0.15) is 27.7 Å². The zero-order valence-corrected chi connectivity index (χ0v) is 23.3. The normalized spacial score (nSPS) is 39.4. The molecule has 0 aliphatic carbocycles. The maximum Gasteiger partial charge on any atom is 0.371 e. The Labute approximate surface area is 243 Å². The second-order valence-electron chi connectivity index (χ2n) is 10.2. The Morgan fingerprint density at radius 2 is 1.28 bits per heavy atom. The highest BCUT2D eigenvalue weighted by Gasteiger charge is 2.54. The molecule has 0 bridgehead atoms. The fourth-order valence-electron chi connectivity index (χ4n) is 4.87. The van der Waals surface area contributed by atoms with Gasteiger partial charge in [0.2, 0.25) is 29.8 Å². The molecule has 242 valence electrons. The predicted molar refractivity (Wildman–Crippen MR) is 134 cm³/mol. The van der Waals surface area contributed by atoms with E-state index in [2.05, 4.69) is 16.0 Å². The van der Waals surface area contributed by atoms with E-state index in [9.17, 15) is 54.6 Å². The van der Waals surface area contributed by atoms with Gasteiger partial charge >= 0.3 is 11.9 Å². The van der Waals surface area contributed by atoms with Gasteiger partial charge in [0.25, 0.3) is 0 Å². The third kappa shape index (κ3) is 7.95. The van der Waals surface area contributed by atoms with Crippen LogP contribution in [0.2, 0.25) is 0 Å². The number of aliphatic hydroxyl groups is 4. The van der Waals surface area contributed by atoms with Crippen LogP contribution in [0.5, 0.6) is 0 Å². The molecule has 3 aliphatic rings. The minimum absolute atomic E-state index is 0.657. The summed E-state index contributed by atoms with van der Waals surface area (Å²) in [5.74, 6) is -6.09. The summed E-state index contributed by atoms with van der Waals surface area (Å²) in [6.07, 6.45) is -16.4. The number of nitrogens with one attached hydrogen (secondary N) is 3. The van der Waals surface area contributed by atoms with Gasteiger partial charge in [0.1, 0.15) is 48.6 Å². The average molecular weight is 622 g/mol. The molecule has 0 aromatic carbocycles. The fourth-order valence-corrected chi connectivity index (χ4v) is 4.87. The van der Waals surface area contributed by atoms with Crippen molar-refractivity contribution in [1.29, 1.82) is 0 Å². The van der Waals surface area contributed by atoms with Crippen molar-refractivity contribution in [2.75, 3.05) is 0 Å². The van der Waals surface area contributed by atoms with Crippen molar-refractivity contribution in [2.24, 2.45) is 0 Å². The van der Waals surface area contributed by atoms with Crippen molar-refractivity contribution in [2.45, 2.75) is 107 Å². The summed E-state index contributed by atoms with van der Waals surface area (Å²) in [6.45, 7) is 4.60. The number of hydrogen-bond donors (Lipinski definition) is 9. The highest BCUT2D eigenvalue weighted by molar-refractivity contribution is 5.84. The molecule has 3 rings (SSSR count). The highest BCUT2D eigenvalue weighted by Crippen LogP contribution is 2.32. The number of rotatable bonds is 9. The Kier molecular flexibility index (Phi) is 11.0. The van der Waals surface area contributed by atoms with Crippen LogP contribution in [0.3, 0.4) is 0 Å². The second-order valence-corrected chi connectivity index (χ2v) is 10.2. The van der Waals surface area contributed by atoms with Crippen LogP contribution in [-0.4, -0.2) is 140 Å². The molecular formula is C24H35N3O16. The maximum atomic E-state index is 12.2. The minimum Gasteiger partial charge on any atom is -0.479 e. The van der Waals surface area contributed by atoms with Gasteiger partial charge in [0.15, 0.2) is 18.7 Å². The molecule has 2 fully saturated rings. The summed E-state index contributed by atoms with van der Waals surface area (Å²) in [7, 11) is 0. The van der Waals surface area contributed by atoms with E-state index in [4.69, 9.17) is 23.7 Å². The van der Waals surface area contributed by atoms with Crippen molar-refractivity contribution in [3.05, 3.63) is 11.8 Å². The number of amides is 3. The van der Waals surface area contributed by atoms with Crippen LogP contribution in [0.25, 0.3) is 0 Å². The first-order valence-corrected chi connectivity index (χ1v) is 13.0. The van der Waals surface area contributed by atoms with Crippen molar-refractivity contribution < 1.29 is 78.3 Å². The molecular weight excluding hydrogens is 586 g/mol. The SMILES string of the molecule is CC(=O)N[C@@H]1[C@H](O[C@H]2[C@@H](O)[C@@H](C)O[C@H](O[C@H]3[C@H](O)[C@H](NC(C)=O)[C@H](O)O[C@@H]3C(=O)O)[C@@H]2NC(C)=O)OC(C(=O)O)=C[C@@H]1O. The van der Waals surface area contributed by atoms with Crippen molar-refractivity contribution in [1.82, 2.24) is 16.0 Å². The van der Waals surface area contributed by atoms with Gasteiger partial charge in [-0.25, -0.2) is 9.59 Å². The van der Waals surface area contributed by atoms with E-state index >= 15 is 0 Å². The number of carbonyl (C=O) groups excluding carboxylic acids is 3. The Bertz CT molecular complexity index is 1120. The number of carboxylic acids is 2. The summed E-state index contributed by atoms with van der Waals surface area (Å²) in [4.78, 5) is 59.2. The fraction of sp³-hybridized carbons (Fsp3) is 0.708. The monoisotopic (exact) mass is 621 g/mol. The number of aliphatic hydroxyl groups excluding tert-OH is 4. The van der Waals surface area contributed by atoms with Gasteiger partial charge in [-0.3, -0.25) is 14.4 Å². The van der Waals surface area contributed by atoms with Gasteiger partial charge in [-0.1, -0.05) is 0 Å². The van der Waals surface area contributed by atoms with Crippen LogP contribution in [-0.2, 0) is 47.7 Å². The first-order valence-electron chi connectivity index (χ1n) is 13.0. The van der Waals surface area contributed by atoms with Crippen LogP contribution in [0.4, 0.5) is 0 Å². The smallest absolute Gasteiger partial charge is 0.371 e. The average Bonchev–Trinajstić information content (AvgIpc) is 2.89. The molecule has 0 unspecified atom stereocenters. The lowest BCUT2D eigenvalue weighted by Crippen LogP contribution is -2.70. The molecule has 43 heavy (non-hydrogen) atoms. The van der Waals surface area contributed by atoms with E-state index in [0.717, 1.165) is 26.8 Å². The van der Waals surface area contributed by atoms with Gasteiger partial charge in [-0.15, -0.1) is 0 Å². The Morgan fingerprint density at radius 1 is 0.744 bits per heavy atom. The molecule has 9 N–H and O–H groups in total. The van der Waals surface area contributed by atoms with E-state index in [1.807, 2.05) is 0 Å². The van der Waals surface area contributed by atoms with Crippen LogP contribution >= 0.6 is 0 Å². The van der Waals surface area contributed by atoms with Crippen LogP contribution in [0.15, 0.2) is 11.8 Å². The summed E-state index contributed by atoms with van der Waals surface area (Å²) < 4.78 is 27.8. The molecule has 0 saturated carbocycles. The number of hydrogen-bond acceptors (Lipinski definition) is 14. The molecule has 0 aromatic heterocycles. The zero-order valence-electron chi connectivity index (χ0n) is 23.3. The Balaban J connectivity index is 1.98. The molecule has 0 radical (unpaired) electrons. The summed E-state index contributed by atoms with van der Waals surface area (Å²) in [6, 6.07) is -4.48. The van der Waals surface area contributed by atoms with Gasteiger partial charge < -0.3 is 70.3 Å². The first-order chi connectivity index (χ1) is 20.0. The van der Waals surface area contributed by atoms with Crippen LogP contribution in [0, 0.1) is 0 Å². The van der Waals surface area contributed by atoms with E-state index in [1.54, 1.807) is 0 Å². The number of carboxylic acid groups (broad SMARTS) is 2. The van der Waals surface area contributed by atoms with Gasteiger partial charge in [0, 0.05) is 20.8 Å². The third-order valence-electron chi connectivity index (χ3n) is 6.78. The van der Waals surface area contributed by atoms with E-state index in [1.165, 1.54) is 6.92 Å². The Hall–Kier alpha value is -3.43. The third-order valence-corrected chi connectivity index (χ3v) is 6.78.